The molecular weight excluding hydrogens is 358 g/mol. The van der Waals surface area contributed by atoms with Crippen molar-refractivity contribution in [3.05, 3.63) is 65.7 Å². The van der Waals surface area contributed by atoms with E-state index in [2.05, 4.69) is 41.5 Å². The van der Waals surface area contributed by atoms with E-state index in [1.807, 2.05) is 12.1 Å². The van der Waals surface area contributed by atoms with Gasteiger partial charge in [0.1, 0.15) is 5.82 Å². The molecule has 1 aliphatic heterocycles. The Hall–Kier alpha value is -2.44. The van der Waals surface area contributed by atoms with Gasteiger partial charge in [0.2, 0.25) is 10.0 Å². The van der Waals surface area contributed by atoms with Crippen molar-refractivity contribution in [2.75, 3.05) is 18.4 Å². The first-order valence-electron chi connectivity index (χ1n) is 9.23. The summed E-state index contributed by atoms with van der Waals surface area (Å²) in [6.07, 6.45) is 1.87. The van der Waals surface area contributed by atoms with Crippen LogP contribution in [-0.2, 0) is 16.6 Å². The van der Waals surface area contributed by atoms with Crippen LogP contribution >= 0.6 is 0 Å². The van der Waals surface area contributed by atoms with Crippen molar-refractivity contribution < 1.29 is 8.42 Å². The first-order chi connectivity index (χ1) is 13.0. The molecular formula is C21H23N3O2S. The number of nitrogens with one attached hydrogen (secondary N) is 1. The summed E-state index contributed by atoms with van der Waals surface area (Å²) in [5.74, 6) is 0.776. The molecule has 6 heteroatoms. The first-order valence-corrected chi connectivity index (χ1v) is 10.7. The molecule has 1 aromatic heterocycles. The van der Waals surface area contributed by atoms with Gasteiger partial charge in [-0.3, -0.25) is 0 Å². The Kier molecular flexibility index (Phi) is 4.85. The van der Waals surface area contributed by atoms with Crippen LogP contribution in [0.1, 0.15) is 24.0 Å². The summed E-state index contributed by atoms with van der Waals surface area (Å²) >= 11 is 0. The summed E-state index contributed by atoms with van der Waals surface area (Å²) in [5, 5.41) is 4.15. The molecule has 27 heavy (non-hydrogen) atoms. The summed E-state index contributed by atoms with van der Waals surface area (Å²) in [6.45, 7) is 3.99. The van der Waals surface area contributed by atoms with Crippen LogP contribution in [0.4, 0.5) is 5.82 Å². The second-order valence-electron chi connectivity index (χ2n) is 7.00. The zero-order valence-corrected chi connectivity index (χ0v) is 16.2. The van der Waals surface area contributed by atoms with E-state index in [9.17, 15) is 8.42 Å². The van der Waals surface area contributed by atoms with Crippen molar-refractivity contribution in [1.29, 1.82) is 0 Å². The second-order valence-corrected chi connectivity index (χ2v) is 8.94. The van der Waals surface area contributed by atoms with Crippen LogP contribution in [0.15, 0.2) is 59.5 Å². The third-order valence-corrected chi connectivity index (χ3v) is 6.85. The lowest BCUT2D eigenvalue weighted by Gasteiger charge is -2.15. The van der Waals surface area contributed by atoms with Crippen molar-refractivity contribution in [3.8, 4) is 0 Å². The van der Waals surface area contributed by atoms with E-state index < -0.39 is 10.0 Å². The number of fused-ring (bicyclic) bond motifs is 1. The maximum absolute atomic E-state index is 12.7. The van der Waals surface area contributed by atoms with Crippen LogP contribution < -0.4 is 5.32 Å². The number of nitrogens with zero attached hydrogens (tertiary/aromatic N) is 2. The Morgan fingerprint density at radius 2 is 1.74 bits per heavy atom. The number of pyridine rings is 1. The number of aromatic nitrogens is 1. The topological polar surface area (TPSA) is 62.3 Å². The fourth-order valence-corrected chi connectivity index (χ4v) is 4.89. The molecule has 5 nitrogen and oxygen atoms in total. The highest BCUT2D eigenvalue weighted by Crippen LogP contribution is 2.24. The van der Waals surface area contributed by atoms with E-state index in [-0.39, 0.29) is 0 Å². The third kappa shape index (κ3) is 3.82. The standard InChI is InChI=1S/C21H23N3O2S/c1-16-4-6-17(7-5-16)15-22-21-11-8-18-14-19(9-10-20(18)23-21)27(25,26)24-12-2-3-13-24/h4-11,14H,2-3,12-13,15H2,1H3,(H,22,23). The molecule has 0 amide bonds. The number of aryl methyl sites for hydroxylation is 1. The zero-order valence-electron chi connectivity index (χ0n) is 15.4. The number of benzene rings is 2. The minimum Gasteiger partial charge on any atom is -0.366 e. The quantitative estimate of drug-likeness (QED) is 0.727. The van der Waals surface area contributed by atoms with Gasteiger partial charge in [0, 0.05) is 25.0 Å². The zero-order chi connectivity index (χ0) is 18.9. The smallest absolute Gasteiger partial charge is 0.243 e. The molecule has 0 atom stereocenters. The summed E-state index contributed by atoms with van der Waals surface area (Å²) in [7, 11) is -3.40. The molecule has 1 N–H and O–H groups in total. The molecule has 140 valence electrons. The molecule has 3 aromatic rings. The average Bonchev–Trinajstić information content (AvgIpc) is 3.23. The Balaban J connectivity index is 1.54. The van der Waals surface area contributed by atoms with E-state index in [1.54, 1.807) is 22.5 Å². The Bertz CT molecular complexity index is 1060. The molecule has 1 saturated heterocycles. The fraction of sp³-hybridized carbons (Fsp3) is 0.286. The third-order valence-electron chi connectivity index (χ3n) is 4.96. The van der Waals surface area contributed by atoms with Crippen LogP contribution in [0.5, 0.6) is 0 Å². The van der Waals surface area contributed by atoms with Gasteiger partial charge in [-0.1, -0.05) is 29.8 Å². The largest absolute Gasteiger partial charge is 0.366 e. The minimum atomic E-state index is -3.40. The molecule has 0 bridgehead atoms. The van der Waals surface area contributed by atoms with Crippen LogP contribution in [-0.4, -0.2) is 30.8 Å². The summed E-state index contributed by atoms with van der Waals surface area (Å²) in [5.41, 5.74) is 3.21. The van der Waals surface area contributed by atoms with Gasteiger partial charge in [-0.15, -0.1) is 0 Å². The predicted molar refractivity (Wildman–Crippen MR) is 108 cm³/mol. The van der Waals surface area contributed by atoms with Gasteiger partial charge in [0.05, 0.1) is 10.4 Å². The van der Waals surface area contributed by atoms with E-state index in [0.717, 1.165) is 29.6 Å². The Morgan fingerprint density at radius 1 is 1.00 bits per heavy atom. The lowest BCUT2D eigenvalue weighted by atomic mass is 10.1. The molecule has 1 fully saturated rings. The second kappa shape index (κ2) is 7.29. The van der Waals surface area contributed by atoms with Crippen LogP contribution in [0, 0.1) is 6.92 Å². The van der Waals surface area contributed by atoms with Crippen LogP contribution in [0.3, 0.4) is 0 Å². The van der Waals surface area contributed by atoms with Crippen LogP contribution in [0.25, 0.3) is 10.9 Å². The van der Waals surface area contributed by atoms with Crippen molar-refractivity contribution in [1.82, 2.24) is 9.29 Å². The van der Waals surface area contributed by atoms with E-state index in [4.69, 9.17) is 0 Å². The number of sulfonamides is 1. The van der Waals surface area contributed by atoms with Gasteiger partial charge >= 0.3 is 0 Å². The number of anilines is 1. The van der Waals surface area contributed by atoms with Gasteiger partial charge in [-0.25, -0.2) is 13.4 Å². The normalized spacial score (nSPS) is 15.3. The van der Waals surface area contributed by atoms with E-state index in [0.29, 0.717) is 24.5 Å². The van der Waals surface area contributed by atoms with E-state index in [1.165, 1.54) is 11.1 Å². The average molecular weight is 382 g/mol. The lowest BCUT2D eigenvalue weighted by Crippen LogP contribution is -2.27. The van der Waals surface area contributed by atoms with Gasteiger partial charge in [-0.2, -0.15) is 4.31 Å². The molecule has 2 heterocycles. The molecule has 2 aromatic carbocycles. The minimum absolute atomic E-state index is 0.346. The lowest BCUT2D eigenvalue weighted by molar-refractivity contribution is 0.477. The summed E-state index contributed by atoms with van der Waals surface area (Å²) in [6, 6.07) is 17.4. The van der Waals surface area contributed by atoms with Gasteiger partial charge < -0.3 is 5.32 Å². The molecule has 0 saturated carbocycles. The highest BCUT2D eigenvalue weighted by molar-refractivity contribution is 7.89. The molecule has 0 spiro atoms. The van der Waals surface area contributed by atoms with Crippen molar-refractivity contribution in [2.45, 2.75) is 31.2 Å². The van der Waals surface area contributed by atoms with Gasteiger partial charge in [0.15, 0.2) is 0 Å². The maximum Gasteiger partial charge on any atom is 0.243 e. The first kappa shape index (κ1) is 17.9. The molecule has 4 rings (SSSR count). The predicted octanol–water partition coefficient (Wildman–Crippen LogP) is 3.94. The van der Waals surface area contributed by atoms with E-state index >= 15 is 0 Å². The molecule has 0 aliphatic carbocycles. The highest BCUT2D eigenvalue weighted by Gasteiger charge is 2.27. The van der Waals surface area contributed by atoms with Crippen molar-refractivity contribution in [3.63, 3.8) is 0 Å². The molecule has 0 unspecified atom stereocenters. The fourth-order valence-electron chi connectivity index (χ4n) is 3.34. The molecule has 1 aliphatic rings. The summed E-state index contributed by atoms with van der Waals surface area (Å²) in [4.78, 5) is 4.96. The van der Waals surface area contributed by atoms with Crippen molar-refractivity contribution >= 4 is 26.7 Å². The van der Waals surface area contributed by atoms with Gasteiger partial charge in [-0.05, 0) is 55.7 Å². The Labute approximate surface area is 160 Å². The number of hydrogen-bond donors (Lipinski definition) is 1. The molecule has 0 radical (unpaired) electrons. The monoisotopic (exact) mass is 381 g/mol. The summed E-state index contributed by atoms with van der Waals surface area (Å²) < 4.78 is 27.0. The van der Waals surface area contributed by atoms with Crippen LogP contribution in [0.2, 0.25) is 0 Å². The number of hydrogen-bond acceptors (Lipinski definition) is 4. The SMILES string of the molecule is Cc1ccc(CNc2ccc3cc(S(=O)(=O)N4CCCC4)ccc3n2)cc1. The maximum atomic E-state index is 12.7. The highest BCUT2D eigenvalue weighted by atomic mass is 32.2. The van der Waals surface area contributed by atoms with Crippen molar-refractivity contribution in [2.24, 2.45) is 0 Å². The number of rotatable bonds is 5. The van der Waals surface area contributed by atoms with Gasteiger partial charge in [0.25, 0.3) is 0 Å². The Morgan fingerprint density at radius 3 is 2.48 bits per heavy atom.